The molecule has 1 heterocycles. The van der Waals surface area contributed by atoms with Crippen molar-refractivity contribution in [1.29, 1.82) is 0 Å². The number of benzene rings is 2. The molecule has 2 aromatic rings. The topological polar surface area (TPSA) is 81.7 Å². The van der Waals surface area contributed by atoms with Crippen molar-refractivity contribution in [3.05, 3.63) is 70.3 Å². The van der Waals surface area contributed by atoms with Crippen LogP contribution in [0.3, 0.4) is 0 Å². The molecule has 1 aliphatic heterocycles. The highest BCUT2D eigenvalue weighted by Crippen LogP contribution is 2.46. The number of aliphatic hydroxyl groups is 1. The van der Waals surface area contributed by atoms with Crippen molar-refractivity contribution in [3.63, 3.8) is 0 Å². The van der Waals surface area contributed by atoms with Gasteiger partial charge in [-0.15, -0.1) is 0 Å². The number of aryl methyl sites for hydroxylation is 1. The van der Waals surface area contributed by atoms with Crippen LogP contribution in [0.25, 0.3) is 0 Å². The lowest BCUT2D eigenvalue weighted by Gasteiger charge is -2.30. The van der Waals surface area contributed by atoms with E-state index in [9.17, 15) is 23.5 Å². The molecule has 6 nitrogen and oxygen atoms in total. The summed E-state index contributed by atoms with van der Waals surface area (Å²) in [5.41, 5.74) is 1.87. The molecule has 0 spiro atoms. The SMILES string of the molecule is CCCN(CCC)C(=O)c1cc(C)cc(C(=O)N[C@@H](Cc2cc(F)cc(F)c2)[C@H](O)[C@@H]2NC[C@H]3CC32)c1. The number of nitrogens with one attached hydrogen (secondary N) is 2. The highest BCUT2D eigenvalue weighted by molar-refractivity contribution is 6.00. The average Bonchev–Trinajstić information content (AvgIpc) is 3.50. The maximum Gasteiger partial charge on any atom is 0.253 e. The molecule has 37 heavy (non-hydrogen) atoms. The Kier molecular flexibility index (Phi) is 8.60. The third kappa shape index (κ3) is 6.54. The monoisotopic (exact) mass is 513 g/mol. The zero-order chi connectivity index (χ0) is 26.7. The van der Waals surface area contributed by atoms with Crippen LogP contribution in [0.4, 0.5) is 8.78 Å². The number of piperidine rings is 1. The summed E-state index contributed by atoms with van der Waals surface area (Å²) in [5.74, 6) is -1.11. The van der Waals surface area contributed by atoms with Gasteiger partial charge in [-0.25, -0.2) is 8.78 Å². The highest BCUT2D eigenvalue weighted by Gasteiger charge is 2.51. The van der Waals surface area contributed by atoms with E-state index in [4.69, 9.17) is 0 Å². The number of nitrogens with zero attached hydrogens (tertiary/aromatic N) is 1. The summed E-state index contributed by atoms with van der Waals surface area (Å²) in [6.07, 6.45) is 1.82. The van der Waals surface area contributed by atoms with Crippen LogP contribution in [0.1, 0.15) is 65.0 Å². The smallest absolute Gasteiger partial charge is 0.253 e. The number of hydrogen-bond donors (Lipinski definition) is 3. The lowest BCUT2D eigenvalue weighted by atomic mass is 9.93. The molecule has 2 amide bonds. The quantitative estimate of drug-likeness (QED) is 0.427. The number of halogens is 2. The van der Waals surface area contributed by atoms with E-state index in [2.05, 4.69) is 10.6 Å². The Labute approximate surface area is 217 Å². The molecule has 1 aliphatic carbocycles. The normalized spacial score (nSPS) is 21.7. The van der Waals surface area contributed by atoms with Gasteiger partial charge in [-0.05, 0) is 92.4 Å². The van der Waals surface area contributed by atoms with Crippen LogP contribution >= 0.6 is 0 Å². The number of amides is 2. The van der Waals surface area contributed by atoms with Crippen LogP contribution in [-0.4, -0.2) is 59.6 Å². The van der Waals surface area contributed by atoms with Gasteiger partial charge in [0, 0.05) is 36.3 Å². The maximum atomic E-state index is 13.9. The summed E-state index contributed by atoms with van der Waals surface area (Å²) in [5, 5.41) is 17.5. The van der Waals surface area contributed by atoms with E-state index in [0.717, 1.165) is 37.4 Å². The molecule has 0 aromatic heterocycles. The van der Waals surface area contributed by atoms with Crippen LogP contribution < -0.4 is 10.6 Å². The molecule has 8 heteroatoms. The van der Waals surface area contributed by atoms with E-state index in [1.807, 2.05) is 20.8 Å². The summed E-state index contributed by atoms with van der Waals surface area (Å²) in [7, 11) is 0. The van der Waals surface area contributed by atoms with Crippen molar-refractivity contribution < 1.29 is 23.5 Å². The predicted molar refractivity (Wildman–Crippen MR) is 138 cm³/mol. The molecule has 5 atom stereocenters. The van der Waals surface area contributed by atoms with Crippen molar-refractivity contribution in [2.24, 2.45) is 11.8 Å². The van der Waals surface area contributed by atoms with Crippen molar-refractivity contribution in [2.75, 3.05) is 19.6 Å². The number of carbonyl (C=O) groups excluding carboxylic acids is 2. The summed E-state index contributed by atoms with van der Waals surface area (Å²) in [4.78, 5) is 28.4. The summed E-state index contributed by atoms with van der Waals surface area (Å²) >= 11 is 0. The van der Waals surface area contributed by atoms with Gasteiger partial charge < -0.3 is 20.6 Å². The Bertz CT molecular complexity index is 1120. The minimum absolute atomic E-state index is 0.0650. The van der Waals surface area contributed by atoms with Gasteiger partial charge in [0.2, 0.25) is 0 Å². The number of fused-ring (bicyclic) bond motifs is 1. The van der Waals surface area contributed by atoms with Crippen molar-refractivity contribution in [2.45, 2.75) is 64.6 Å². The first-order valence-corrected chi connectivity index (χ1v) is 13.3. The molecule has 2 aromatic carbocycles. The van der Waals surface area contributed by atoms with E-state index >= 15 is 0 Å². The molecule has 0 radical (unpaired) electrons. The van der Waals surface area contributed by atoms with Crippen LogP contribution in [0, 0.1) is 30.4 Å². The Morgan fingerprint density at radius 1 is 1.05 bits per heavy atom. The van der Waals surface area contributed by atoms with Gasteiger partial charge in [0.25, 0.3) is 11.8 Å². The molecule has 0 bridgehead atoms. The van der Waals surface area contributed by atoms with Crippen LogP contribution in [0.2, 0.25) is 0 Å². The molecule has 2 aliphatic rings. The first kappa shape index (κ1) is 27.2. The van der Waals surface area contributed by atoms with Crippen molar-refractivity contribution in [3.8, 4) is 0 Å². The van der Waals surface area contributed by atoms with E-state index < -0.39 is 29.7 Å². The van der Waals surface area contributed by atoms with Gasteiger partial charge in [-0.1, -0.05) is 13.8 Å². The molecular formula is C29H37F2N3O3. The fraction of sp³-hybridized carbons (Fsp3) is 0.517. The van der Waals surface area contributed by atoms with E-state index in [0.29, 0.717) is 41.6 Å². The molecule has 4 rings (SSSR count). The Balaban J connectivity index is 1.57. The summed E-state index contributed by atoms with van der Waals surface area (Å²) in [6.45, 7) is 7.95. The largest absolute Gasteiger partial charge is 0.389 e. The van der Waals surface area contributed by atoms with Gasteiger partial charge in [-0.2, -0.15) is 0 Å². The first-order valence-electron chi connectivity index (χ1n) is 13.3. The number of carbonyl (C=O) groups is 2. The molecule has 200 valence electrons. The minimum atomic E-state index is -0.941. The summed E-state index contributed by atoms with van der Waals surface area (Å²) in [6, 6.07) is 7.32. The van der Waals surface area contributed by atoms with Gasteiger partial charge >= 0.3 is 0 Å². The highest BCUT2D eigenvalue weighted by atomic mass is 19.1. The Morgan fingerprint density at radius 2 is 1.70 bits per heavy atom. The second-order valence-corrected chi connectivity index (χ2v) is 10.5. The number of aliphatic hydroxyl groups excluding tert-OH is 1. The van der Waals surface area contributed by atoms with E-state index in [-0.39, 0.29) is 18.4 Å². The summed E-state index contributed by atoms with van der Waals surface area (Å²) < 4.78 is 27.8. The molecular weight excluding hydrogens is 476 g/mol. The molecule has 1 unspecified atom stereocenters. The van der Waals surface area contributed by atoms with Crippen molar-refractivity contribution >= 4 is 11.8 Å². The lowest BCUT2D eigenvalue weighted by molar-refractivity contribution is 0.0700. The molecule has 1 saturated heterocycles. The molecule has 2 fully saturated rings. The average molecular weight is 514 g/mol. The standard InChI is InChI=1S/C29H37F2N3O3/c1-4-6-34(7-5-2)29(37)20-9-17(3)8-19(13-20)28(36)33-25(12-18-10-22(30)15-23(31)11-18)27(35)26-24-14-21(24)16-32-26/h8-11,13,15,21,24-27,32,35H,4-7,12,14,16H2,1-3H3,(H,33,36)/t21-,24?,25+,26-,27+/m1/s1. The van der Waals surface area contributed by atoms with Crippen LogP contribution in [-0.2, 0) is 6.42 Å². The second kappa shape index (κ2) is 11.7. The van der Waals surface area contributed by atoms with E-state index in [1.165, 1.54) is 12.1 Å². The third-order valence-electron chi connectivity index (χ3n) is 7.39. The predicted octanol–water partition coefficient (Wildman–Crippen LogP) is 3.85. The fourth-order valence-corrected chi connectivity index (χ4v) is 5.58. The molecule has 1 saturated carbocycles. The second-order valence-electron chi connectivity index (χ2n) is 10.5. The maximum absolute atomic E-state index is 13.9. The first-order chi connectivity index (χ1) is 17.7. The van der Waals surface area contributed by atoms with Gasteiger partial charge in [-0.3, -0.25) is 9.59 Å². The molecule has 3 N–H and O–H groups in total. The van der Waals surface area contributed by atoms with Crippen LogP contribution in [0.5, 0.6) is 0 Å². The van der Waals surface area contributed by atoms with Gasteiger partial charge in [0.1, 0.15) is 11.6 Å². The lowest BCUT2D eigenvalue weighted by Crippen LogP contribution is -2.53. The Hall–Kier alpha value is -2.84. The van der Waals surface area contributed by atoms with Crippen LogP contribution in [0.15, 0.2) is 36.4 Å². The number of rotatable bonds is 11. The fourth-order valence-electron chi connectivity index (χ4n) is 5.58. The Morgan fingerprint density at radius 3 is 2.27 bits per heavy atom. The van der Waals surface area contributed by atoms with Crippen molar-refractivity contribution in [1.82, 2.24) is 15.5 Å². The number of hydrogen-bond acceptors (Lipinski definition) is 4. The third-order valence-corrected chi connectivity index (χ3v) is 7.39. The zero-order valence-corrected chi connectivity index (χ0v) is 21.8. The van der Waals surface area contributed by atoms with Gasteiger partial charge in [0.15, 0.2) is 0 Å². The minimum Gasteiger partial charge on any atom is -0.389 e. The van der Waals surface area contributed by atoms with E-state index in [1.54, 1.807) is 23.1 Å². The van der Waals surface area contributed by atoms with Gasteiger partial charge in [0.05, 0.1) is 12.1 Å². The zero-order valence-electron chi connectivity index (χ0n) is 21.8.